The zero-order valence-electron chi connectivity index (χ0n) is 11.2. The molecule has 1 amide bonds. The minimum absolute atomic E-state index is 0.0495. The van der Waals surface area contributed by atoms with Crippen LogP contribution < -0.4 is 5.32 Å². The van der Waals surface area contributed by atoms with Crippen LogP contribution in [0.25, 0.3) is 0 Å². The Morgan fingerprint density at radius 2 is 2.11 bits per heavy atom. The van der Waals surface area contributed by atoms with Crippen molar-refractivity contribution in [1.29, 1.82) is 0 Å². The maximum atomic E-state index is 13.5. The van der Waals surface area contributed by atoms with Crippen LogP contribution in [-0.2, 0) is 11.2 Å². The van der Waals surface area contributed by atoms with Crippen LogP contribution >= 0.6 is 0 Å². The third-order valence-corrected chi connectivity index (χ3v) is 2.98. The number of nitrogens with zero attached hydrogens (tertiary/aromatic N) is 1. The minimum atomic E-state index is -0.241. The summed E-state index contributed by atoms with van der Waals surface area (Å²) in [7, 11) is 3.62. The van der Waals surface area contributed by atoms with Gasteiger partial charge >= 0.3 is 0 Å². The van der Waals surface area contributed by atoms with Crippen LogP contribution in [0.2, 0.25) is 0 Å². The first-order chi connectivity index (χ1) is 8.56. The molecule has 0 spiro atoms. The van der Waals surface area contributed by atoms with Gasteiger partial charge in [-0.05, 0) is 25.1 Å². The Morgan fingerprint density at radius 1 is 1.44 bits per heavy atom. The van der Waals surface area contributed by atoms with Gasteiger partial charge in [0.1, 0.15) is 5.82 Å². The molecule has 1 unspecified atom stereocenters. The van der Waals surface area contributed by atoms with E-state index in [1.807, 2.05) is 14.0 Å². The highest BCUT2D eigenvalue weighted by Crippen LogP contribution is 2.14. The Kier molecular flexibility index (Phi) is 5.78. The summed E-state index contributed by atoms with van der Waals surface area (Å²) in [5.74, 6) is -0.396. The molecule has 0 saturated carbocycles. The number of rotatable bonds is 6. The van der Waals surface area contributed by atoms with Crippen LogP contribution in [0.3, 0.4) is 0 Å². The molecule has 1 aromatic carbocycles. The van der Waals surface area contributed by atoms with Crippen molar-refractivity contribution in [2.24, 2.45) is 5.92 Å². The fourth-order valence-corrected chi connectivity index (χ4v) is 1.85. The molecule has 1 atom stereocenters. The second-order valence-corrected chi connectivity index (χ2v) is 4.56. The SMILES string of the molecule is CNCCN(C)C(=O)C(C)Cc1ccccc1F. The third-order valence-electron chi connectivity index (χ3n) is 2.98. The summed E-state index contributed by atoms with van der Waals surface area (Å²) >= 11 is 0. The van der Waals surface area contributed by atoms with Crippen LogP contribution in [0, 0.1) is 11.7 Å². The predicted molar refractivity (Wildman–Crippen MR) is 70.8 cm³/mol. The van der Waals surface area contributed by atoms with E-state index in [9.17, 15) is 9.18 Å². The highest BCUT2D eigenvalue weighted by molar-refractivity contribution is 5.78. The number of carbonyl (C=O) groups excluding carboxylic acids is 1. The first-order valence-electron chi connectivity index (χ1n) is 6.19. The second-order valence-electron chi connectivity index (χ2n) is 4.56. The lowest BCUT2D eigenvalue weighted by molar-refractivity contribution is -0.133. The summed E-state index contributed by atoms with van der Waals surface area (Å²) in [4.78, 5) is 13.7. The number of hydrogen-bond donors (Lipinski definition) is 1. The van der Waals surface area contributed by atoms with Crippen molar-refractivity contribution in [2.45, 2.75) is 13.3 Å². The number of nitrogens with one attached hydrogen (secondary N) is 1. The topological polar surface area (TPSA) is 32.3 Å². The molecule has 1 aromatic rings. The number of likely N-dealkylation sites (N-methyl/N-ethyl adjacent to an activating group) is 2. The Labute approximate surface area is 108 Å². The quantitative estimate of drug-likeness (QED) is 0.835. The van der Waals surface area contributed by atoms with Gasteiger partial charge in [-0.15, -0.1) is 0 Å². The molecule has 100 valence electrons. The molecule has 0 aliphatic heterocycles. The molecular formula is C14H21FN2O. The highest BCUT2D eigenvalue weighted by Gasteiger charge is 2.18. The molecule has 3 nitrogen and oxygen atoms in total. The molecular weight excluding hydrogens is 231 g/mol. The summed E-state index contributed by atoms with van der Waals surface area (Å²) < 4.78 is 13.5. The molecule has 0 bridgehead atoms. The summed E-state index contributed by atoms with van der Waals surface area (Å²) in [6.07, 6.45) is 0.440. The molecule has 18 heavy (non-hydrogen) atoms. The smallest absolute Gasteiger partial charge is 0.225 e. The van der Waals surface area contributed by atoms with Crippen LogP contribution in [0.1, 0.15) is 12.5 Å². The van der Waals surface area contributed by atoms with Crippen molar-refractivity contribution in [1.82, 2.24) is 10.2 Å². The fraction of sp³-hybridized carbons (Fsp3) is 0.500. The van der Waals surface area contributed by atoms with Gasteiger partial charge < -0.3 is 10.2 Å². The summed E-state index contributed by atoms with van der Waals surface area (Å²) in [5.41, 5.74) is 0.598. The van der Waals surface area contributed by atoms with E-state index in [0.29, 0.717) is 18.5 Å². The number of halogens is 1. The molecule has 0 aromatic heterocycles. The van der Waals surface area contributed by atoms with E-state index >= 15 is 0 Å². The number of carbonyl (C=O) groups is 1. The lowest BCUT2D eigenvalue weighted by Gasteiger charge is -2.21. The van der Waals surface area contributed by atoms with Gasteiger partial charge in [0.15, 0.2) is 0 Å². The van der Waals surface area contributed by atoms with Crippen molar-refractivity contribution >= 4 is 5.91 Å². The van der Waals surface area contributed by atoms with E-state index in [4.69, 9.17) is 0 Å². The molecule has 1 rings (SSSR count). The lowest BCUT2D eigenvalue weighted by atomic mass is 9.99. The van der Waals surface area contributed by atoms with Crippen molar-refractivity contribution in [2.75, 3.05) is 27.2 Å². The second kappa shape index (κ2) is 7.11. The summed E-state index contributed by atoms with van der Waals surface area (Å²) in [6.45, 7) is 3.26. The maximum Gasteiger partial charge on any atom is 0.225 e. The van der Waals surface area contributed by atoms with Gasteiger partial charge in [0.2, 0.25) is 5.91 Å². The van der Waals surface area contributed by atoms with Crippen LogP contribution in [0.4, 0.5) is 4.39 Å². The Balaban J connectivity index is 2.57. The highest BCUT2D eigenvalue weighted by atomic mass is 19.1. The summed E-state index contributed by atoms with van der Waals surface area (Å²) in [6, 6.07) is 6.61. The first kappa shape index (κ1) is 14.6. The van der Waals surface area contributed by atoms with E-state index < -0.39 is 0 Å². The molecule has 0 aliphatic carbocycles. The number of hydrogen-bond acceptors (Lipinski definition) is 2. The van der Waals surface area contributed by atoms with E-state index in [0.717, 1.165) is 6.54 Å². The van der Waals surface area contributed by atoms with E-state index in [1.165, 1.54) is 6.07 Å². The van der Waals surface area contributed by atoms with Crippen molar-refractivity contribution in [3.8, 4) is 0 Å². The third kappa shape index (κ3) is 4.11. The monoisotopic (exact) mass is 252 g/mol. The molecule has 1 N–H and O–H groups in total. The Bertz CT molecular complexity index is 395. The molecule has 4 heteroatoms. The fourth-order valence-electron chi connectivity index (χ4n) is 1.85. The molecule has 0 radical (unpaired) electrons. The van der Waals surface area contributed by atoms with Gasteiger partial charge in [-0.25, -0.2) is 4.39 Å². The van der Waals surface area contributed by atoms with Gasteiger partial charge in [0, 0.05) is 26.1 Å². The minimum Gasteiger partial charge on any atom is -0.344 e. The normalized spacial score (nSPS) is 12.2. The van der Waals surface area contributed by atoms with E-state index in [-0.39, 0.29) is 17.6 Å². The van der Waals surface area contributed by atoms with Crippen LogP contribution in [-0.4, -0.2) is 38.0 Å². The predicted octanol–water partition coefficient (Wildman–Crippen LogP) is 1.68. The Morgan fingerprint density at radius 3 is 2.72 bits per heavy atom. The van der Waals surface area contributed by atoms with Gasteiger partial charge in [0.05, 0.1) is 0 Å². The number of amides is 1. The van der Waals surface area contributed by atoms with Crippen molar-refractivity contribution in [3.05, 3.63) is 35.6 Å². The van der Waals surface area contributed by atoms with Crippen molar-refractivity contribution in [3.63, 3.8) is 0 Å². The van der Waals surface area contributed by atoms with Gasteiger partial charge in [-0.3, -0.25) is 4.79 Å². The van der Waals surface area contributed by atoms with Crippen LogP contribution in [0.15, 0.2) is 24.3 Å². The van der Waals surface area contributed by atoms with Gasteiger partial charge in [0.25, 0.3) is 0 Å². The van der Waals surface area contributed by atoms with Gasteiger partial charge in [-0.2, -0.15) is 0 Å². The number of benzene rings is 1. The molecule has 0 aliphatic rings. The van der Waals surface area contributed by atoms with Crippen molar-refractivity contribution < 1.29 is 9.18 Å². The van der Waals surface area contributed by atoms with Gasteiger partial charge in [-0.1, -0.05) is 25.1 Å². The molecule has 0 saturated heterocycles. The Hall–Kier alpha value is -1.42. The van der Waals surface area contributed by atoms with E-state index in [1.54, 1.807) is 30.1 Å². The zero-order chi connectivity index (χ0) is 13.5. The largest absolute Gasteiger partial charge is 0.344 e. The zero-order valence-corrected chi connectivity index (χ0v) is 11.2. The summed E-state index contributed by atoms with van der Waals surface area (Å²) in [5, 5.41) is 3.00. The average molecular weight is 252 g/mol. The lowest BCUT2D eigenvalue weighted by Crippen LogP contribution is -2.36. The van der Waals surface area contributed by atoms with E-state index in [2.05, 4.69) is 5.32 Å². The van der Waals surface area contributed by atoms with Crippen LogP contribution in [0.5, 0.6) is 0 Å². The average Bonchev–Trinajstić information content (AvgIpc) is 2.37. The first-order valence-corrected chi connectivity index (χ1v) is 6.19. The maximum absolute atomic E-state index is 13.5. The molecule has 0 fully saturated rings. The molecule has 0 heterocycles. The standard InChI is InChI=1S/C14H21FN2O/c1-11(14(18)17(3)9-8-16-2)10-12-6-4-5-7-13(12)15/h4-7,11,16H,8-10H2,1-3H3.